The number of nitrogens with two attached hydrogens (primary N) is 1. The average molecular weight is 232 g/mol. The van der Waals surface area contributed by atoms with Crippen molar-refractivity contribution in [3.05, 3.63) is 30.5 Å². The van der Waals surface area contributed by atoms with Gasteiger partial charge < -0.3 is 15.5 Å². The number of anilines is 1. The molecule has 0 amide bonds. The largest absolute Gasteiger partial charge is 0.462 e. The van der Waals surface area contributed by atoms with Crippen LogP contribution in [0.25, 0.3) is 11.0 Å². The highest BCUT2D eigenvalue weighted by Gasteiger charge is 2.17. The summed E-state index contributed by atoms with van der Waals surface area (Å²) in [7, 11) is 0. The molecular formula is C14H20N2O. The van der Waals surface area contributed by atoms with Gasteiger partial charge in [0, 0.05) is 11.9 Å². The quantitative estimate of drug-likeness (QED) is 0.832. The molecule has 2 rings (SSSR count). The van der Waals surface area contributed by atoms with Crippen LogP contribution in [0.3, 0.4) is 0 Å². The average Bonchev–Trinajstić information content (AvgIpc) is 2.70. The predicted molar refractivity (Wildman–Crippen MR) is 72.2 cm³/mol. The van der Waals surface area contributed by atoms with Crippen molar-refractivity contribution in [1.29, 1.82) is 0 Å². The first-order valence-electron chi connectivity index (χ1n) is 6.02. The molecule has 0 aliphatic heterocycles. The third-order valence-electron chi connectivity index (χ3n) is 3.06. The lowest BCUT2D eigenvalue weighted by Crippen LogP contribution is -2.25. The van der Waals surface area contributed by atoms with Gasteiger partial charge in [0.05, 0.1) is 5.69 Å². The molecule has 1 aromatic carbocycles. The summed E-state index contributed by atoms with van der Waals surface area (Å²) >= 11 is 0. The van der Waals surface area contributed by atoms with Crippen LogP contribution in [0.2, 0.25) is 0 Å². The Morgan fingerprint density at radius 3 is 2.82 bits per heavy atom. The number of nitrogens with one attached hydrogen (secondary N) is 1. The summed E-state index contributed by atoms with van der Waals surface area (Å²) < 4.78 is 5.49. The van der Waals surface area contributed by atoms with Crippen molar-refractivity contribution in [3.63, 3.8) is 0 Å². The van der Waals surface area contributed by atoms with Gasteiger partial charge in [-0.05, 0) is 30.5 Å². The van der Waals surface area contributed by atoms with Crippen LogP contribution in [-0.4, -0.2) is 13.1 Å². The normalized spacial score (nSPS) is 11.9. The molecule has 2 aromatic rings. The minimum Gasteiger partial charge on any atom is -0.462 e. The van der Waals surface area contributed by atoms with E-state index in [0.717, 1.165) is 36.2 Å². The second-order valence-corrected chi connectivity index (χ2v) is 5.20. The van der Waals surface area contributed by atoms with Gasteiger partial charge in [-0.1, -0.05) is 26.0 Å². The van der Waals surface area contributed by atoms with E-state index >= 15 is 0 Å². The molecule has 0 saturated heterocycles. The maximum absolute atomic E-state index is 5.61. The van der Waals surface area contributed by atoms with Gasteiger partial charge in [-0.2, -0.15) is 0 Å². The smallest absolute Gasteiger partial charge is 0.136 e. The topological polar surface area (TPSA) is 51.2 Å². The third kappa shape index (κ3) is 2.80. The van der Waals surface area contributed by atoms with Crippen molar-refractivity contribution in [2.75, 3.05) is 18.4 Å². The van der Waals surface area contributed by atoms with E-state index in [1.54, 1.807) is 6.26 Å². The van der Waals surface area contributed by atoms with Gasteiger partial charge in [-0.25, -0.2) is 0 Å². The van der Waals surface area contributed by atoms with Crippen LogP contribution in [0.4, 0.5) is 5.69 Å². The lowest BCUT2D eigenvalue weighted by atomic mass is 9.89. The molecule has 0 spiro atoms. The van der Waals surface area contributed by atoms with Crippen LogP contribution >= 0.6 is 0 Å². The van der Waals surface area contributed by atoms with E-state index in [4.69, 9.17) is 10.2 Å². The van der Waals surface area contributed by atoms with Crippen molar-refractivity contribution < 1.29 is 4.42 Å². The third-order valence-corrected chi connectivity index (χ3v) is 3.06. The second-order valence-electron chi connectivity index (χ2n) is 5.20. The minimum atomic E-state index is 0.202. The van der Waals surface area contributed by atoms with Gasteiger partial charge in [0.1, 0.15) is 11.8 Å². The zero-order valence-corrected chi connectivity index (χ0v) is 10.5. The molecule has 3 heteroatoms. The molecule has 0 unspecified atom stereocenters. The fraction of sp³-hybridized carbons (Fsp3) is 0.429. The summed E-state index contributed by atoms with van der Waals surface area (Å²) in [6.07, 6.45) is 2.79. The molecule has 0 fully saturated rings. The molecule has 0 bridgehead atoms. The van der Waals surface area contributed by atoms with Gasteiger partial charge in [0.25, 0.3) is 0 Å². The standard InChI is InChI=1S/C14H20N2O/c1-14(2,7-8-15)10-16-12-9-17-13-6-4-3-5-11(12)13/h3-6,9,16H,7-8,10,15H2,1-2H3. The van der Waals surface area contributed by atoms with Crippen LogP contribution < -0.4 is 11.1 Å². The Labute approximate surface area is 102 Å². The number of rotatable bonds is 5. The number of furan rings is 1. The molecule has 0 aliphatic carbocycles. The Bertz CT molecular complexity index is 488. The van der Waals surface area contributed by atoms with Crippen LogP contribution in [0.5, 0.6) is 0 Å². The molecule has 0 atom stereocenters. The molecule has 0 aliphatic rings. The maximum Gasteiger partial charge on any atom is 0.136 e. The second kappa shape index (κ2) is 4.80. The van der Waals surface area contributed by atoms with Gasteiger partial charge in [-0.15, -0.1) is 0 Å². The lowest BCUT2D eigenvalue weighted by Gasteiger charge is -2.24. The number of hydrogen-bond acceptors (Lipinski definition) is 3. The van der Waals surface area contributed by atoms with E-state index in [1.807, 2.05) is 18.2 Å². The molecule has 3 nitrogen and oxygen atoms in total. The van der Waals surface area contributed by atoms with Crippen molar-refractivity contribution in [3.8, 4) is 0 Å². The van der Waals surface area contributed by atoms with Crippen LogP contribution in [0.1, 0.15) is 20.3 Å². The van der Waals surface area contributed by atoms with Crippen LogP contribution in [0, 0.1) is 5.41 Å². The van der Waals surface area contributed by atoms with Crippen molar-refractivity contribution >= 4 is 16.7 Å². The van der Waals surface area contributed by atoms with Crippen LogP contribution in [-0.2, 0) is 0 Å². The van der Waals surface area contributed by atoms with Gasteiger partial charge in [0.15, 0.2) is 0 Å². The molecular weight excluding hydrogens is 212 g/mol. The monoisotopic (exact) mass is 232 g/mol. The lowest BCUT2D eigenvalue weighted by molar-refractivity contribution is 0.365. The molecule has 17 heavy (non-hydrogen) atoms. The summed E-state index contributed by atoms with van der Waals surface area (Å²) in [6.45, 7) is 6.05. The van der Waals surface area contributed by atoms with E-state index in [0.29, 0.717) is 0 Å². The summed E-state index contributed by atoms with van der Waals surface area (Å²) in [5.41, 5.74) is 7.79. The Balaban J connectivity index is 2.09. The van der Waals surface area contributed by atoms with E-state index in [2.05, 4.69) is 25.2 Å². The van der Waals surface area contributed by atoms with Gasteiger partial charge in [0.2, 0.25) is 0 Å². The molecule has 0 radical (unpaired) electrons. The SMILES string of the molecule is CC(C)(CCN)CNc1coc2ccccc12. The first kappa shape index (κ1) is 12.0. The number of para-hydroxylation sites is 1. The Morgan fingerprint density at radius 1 is 1.29 bits per heavy atom. The van der Waals surface area contributed by atoms with Crippen molar-refractivity contribution in [2.24, 2.45) is 11.1 Å². The number of fused-ring (bicyclic) bond motifs is 1. The predicted octanol–water partition coefficient (Wildman–Crippen LogP) is 3.22. The fourth-order valence-corrected chi connectivity index (χ4v) is 1.93. The highest BCUT2D eigenvalue weighted by molar-refractivity contribution is 5.90. The van der Waals surface area contributed by atoms with Crippen molar-refractivity contribution in [2.45, 2.75) is 20.3 Å². The van der Waals surface area contributed by atoms with E-state index in [-0.39, 0.29) is 5.41 Å². The van der Waals surface area contributed by atoms with Gasteiger partial charge >= 0.3 is 0 Å². The first-order chi connectivity index (χ1) is 8.12. The summed E-state index contributed by atoms with van der Waals surface area (Å²) in [4.78, 5) is 0. The fourth-order valence-electron chi connectivity index (χ4n) is 1.93. The highest BCUT2D eigenvalue weighted by atomic mass is 16.3. The maximum atomic E-state index is 5.61. The first-order valence-corrected chi connectivity index (χ1v) is 6.02. The Morgan fingerprint density at radius 2 is 2.06 bits per heavy atom. The molecule has 92 valence electrons. The van der Waals surface area contributed by atoms with E-state index in [9.17, 15) is 0 Å². The molecule has 0 saturated carbocycles. The van der Waals surface area contributed by atoms with Crippen molar-refractivity contribution in [1.82, 2.24) is 0 Å². The molecule has 3 N–H and O–H groups in total. The zero-order chi connectivity index (χ0) is 12.3. The van der Waals surface area contributed by atoms with E-state index < -0.39 is 0 Å². The summed E-state index contributed by atoms with van der Waals surface area (Å²) in [5.74, 6) is 0. The Hall–Kier alpha value is -1.48. The highest BCUT2D eigenvalue weighted by Crippen LogP contribution is 2.27. The number of benzene rings is 1. The van der Waals surface area contributed by atoms with Crippen LogP contribution in [0.15, 0.2) is 34.9 Å². The number of hydrogen-bond donors (Lipinski definition) is 2. The van der Waals surface area contributed by atoms with E-state index in [1.165, 1.54) is 0 Å². The molecule has 1 heterocycles. The van der Waals surface area contributed by atoms with Gasteiger partial charge in [-0.3, -0.25) is 0 Å². The zero-order valence-electron chi connectivity index (χ0n) is 10.5. The summed E-state index contributed by atoms with van der Waals surface area (Å²) in [5, 5.41) is 4.58. The minimum absolute atomic E-state index is 0.202. The molecule has 1 aromatic heterocycles. The Kier molecular flexibility index (Phi) is 3.38. The summed E-state index contributed by atoms with van der Waals surface area (Å²) in [6, 6.07) is 8.05.